The van der Waals surface area contributed by atoms with E-state index >= 15 is 0 Å². The molecule has 0 aliphatic carbocycles. The molecule has 3 amide bonds. The van der Waals surface area contributed by atoms with Gasteiger partial charge >= 0.3 is 6.09 Å². The second-order valence-electron chi connectivity index (χ2n) is 10.5. The van der Waals surface area contributed by atoms with Crippen molar-refractivity contribution in [3.05, 3.63) is 98.2 Å². The van der Waals surface area contributed by atoms with Crippen LogP contribution in [0.1, 0.15) is 64.1 Å². The minimum atomic E-state index is -1.12. The zero-order valence-corrected chi connectivity index (χ0v) is 23.5. The fraction of sp³-hybridized carbons (Fsp3) is 0.367. The van der Waals surface area contributed by atoms with E-state index in [1.807, 2.05) is 6.92 Å². The van der Waals surface area contributed by atoms with E-state index in [1.165, 1.54) is 19.2 Å². The summed E-state index contributed by atoms with van der Waals surface area (Å²) in [5, 5.41) is 18.6. The number of aryl methyl sites for hydroxylation is 2. The summed E-state index contributed by atoms with van der Waals surface area (Å²) in [6.07, 6.45) is 0.327. The summed E-state index contributed by atoms with van der Waals surface area (Å²) < 4.78 is 14.0. The second kappa shape index (κ2) is 12.3. The predicted molar refractivity (Wildman–Crippen MR) is 150 cm³/mol. The van der Waals surface area contributed by atoms with Crippen LogP contribution in [0, 0.1) is 19.7 Å². The van der Waals surface area contributed by atoms with Gasteiger partial charge in [0.2, 0.25) is 5.91 Å². The molecule has 1 aromatic heterocycles. The van der Waals surface area contributed by atoms with Gasteiger partial charge in [-0.2, -0.15) is 5.10 Å². The van der Waals surface area contributed by atoms with Crippen LogP contribution in [-0.2, 0) is 11.2 Å². The number of carbonyl (C=O) groups is 3. The molecular formula is C30H34FN5O5. The van der Waals surface area contributed by atoms with Gasteiger partial charge in [-0.1, -0.05) is 18.2 Å². The second-order valence-corrected chi connectivity index (χ2v) is 10.5. The van der Waals surface area contributed by atoms with Crippen molar-refractivity contribution in [2.45, 2.75) is 58.2 Å². The van der Waals surface area contributed by atoms with Crippen molar-refractivity contribution >= 4 is 17.9 Å². The number of nitrogens with zero attached hydrogens (tertiary/aromatic N) is 3. The van der Waals surface area contributed by atoms with Crippen LogP contribution in [-0.4, -0.2) is 68.7 Å². The average molecular weight is 564 g/mol. The Morgan fingerprint density at radius 3 is 2.59 bits per heavy atom. The van der Waals surface area contributed by atoms with Gasteiger partial charge in [0.1, 0.15) is 5.82 Å². The van der Waals surface area contributed by atoms with Crippen LogP contribution in [0.5, 0.6) is 0 Å². The van der Waals surface area contributed by atoms with Gasteiger partial charge in [0.05, 0.1) is 30.4 Å². The first kappa shape index (κ1) is 29.4. The zero-order valence-electron chi connectivity index (χ0n) is 23.5. The summed E-state index contributed by atoms with van der Waals surface area (Å²) >= 11 is 0. The van der Waals surface area contributed by atoms with Crippen LogP contribution in [0.4, 0.5) is 9.18 Å². The number of H-pyrrole nitrogens is 1. The van der Waals surface area contributed by atoms with E-state index in [9.17, 15) is 28.7 Å². The van der Waals surface area contributed by atoms with E-state index < -0.39 is 35.9 Å². The first-order valence-electron chi connectivity index (χ1n) is 13.4. The monoisotopic (exact) mass is 563 g/mol. The van der Waals surface area contributed by atoms with E-state index in [0.717, 1.165) is 16.0 Å². The summed E-state index contributed by atoms with van der Waals surface area (Å²) in [5.41, 5.74) is 3.67. The van der Waals surface area contributed by atoms with Crippen LogP contribution in [0.3, 0.4) is 0 Å². The molecule has 41 heavy (non-hydrogen) atoms. The van der Waals surface area contributed by atoms with Crippen molar-refractivity contribution in [3.8, 4) is 0 Å². The summed E-state index contributed by atoms with van der Waals surface area (Å²) in [4.78, 5) is 53.0. The summed E-state index contributed by atoms with van der Waals surface area (Å²) in [6, 6.07) is 11.5. The Labute approximate surface area is 237 Å². The van der Waals surface area contributed by atoms with Crippen LogP contribution in [0.25, 0.3) is 0 Å². The van der Waals surface area contributed by atoms with E-state index in [1.54, 1.807) is 55.1 Å². The van der Waals surface area contributed by atoms with Crippen molar-refractivity contribution in [1.82, 2.24) is 25.3 Å². The fourth-order valence-corrected chi connectivity index (χ4v) is 5.43. The normalized spacial score (nSPS) is 17.2. The molecule has 0 saturated carbocycles. The first-order valence-corrected chi connectivity index (χ1v) is 13.4. The number of benzene rings is 2. The number of aromatic amines is 1. The van der Waals surface area contributed by atoms with Crippen LogP contribution < -0.4 is 10.9 Å². The molecule has 3 aromatic rings. The van der Waals surface area contributed by atoms with Gasteiger partial charge in [-0.3, -0.25) is 14.4 Å². The van der Waals surface area contributed by atoms with Crippen molar-refractivity contribution in [2.75, 3.05) is 13.6 Å². The highest BCUT2D eigenvalue weighted by Crippen LogP contribution is 2.38. The Hall–Kier alpha value is -4.54. The van der Waals surface area contributed by atoms with Crippen LogP contribution in [0.2, 0.25) is 0 Å². The van der Waals surface area contributed by atoms with Gasteiger partial charge in [0, 0.05) is 24.6 Å². The van der Waals surface area contributed by atoms with Crippen LogP contribution in [0.15, 0.2) is 53.3 Å². The smallest absolute Gasteiger partial charge is 0.407 e. The molecule has 0 unspecified atom stereocenters. The number of aromatic nitrogens is 2. The van der Waals surface area contributed by atoms with Crippen molar-refractivity contribution in [2.24, 2.45) is 0 Å². The highest BCUT2D eigenvalue weighted by atomic mass is 19.1. The van der Waals surface area contributed by atoms with E-state index in [4.69, 9.17) is 0 Å². The first-order chi connectivity index (χ1) is 19.5. The minimum absolute atomic E-state index is 0.268. The molecule has 3 atom stereocenters. The Balaban J connectivity index is 1.49. The zero-order chi connectivity index (χ0) is 29.8. The highest BCUT2D eigenvalue weighted by Gasteiger charge is 2.42. The van der Waals surface area contributed by atoms with Gasteiger partial charge in [-0.05, 0) is 80.6 Å². The topological polar surface area (TPSA) is 136 Å². The van der Waals surface area contributed by atoms with Crippen molar-refractivity contribution < 1.29 is 23.9 Å². The van der Waals surface area contributed by atoms with Crippen LogP contribution >= 0.6 is 0 Å². The Kier molecular flexibility index (Phi) is 8.85. The third-order valence-electron chi connectivity index (χ3n) is 7.81. The quantitative estimate of drug-likeness (QED) is 0.383. The number of hydrogen-bond donors (Lipinski definition) is 3. The lowest BCUT2D eigenvalue weighted by Crippen LogP contribution is -2.52. The standard InChI is InChI=1S/C30H34FN5O5/c1-17-12-22(9-8-20(17)14-23-13-18(2)33-34-29(23)39)28(38)32-16-27(37)36-25(19(3)35(4)30(40)41)10-11-26(36)21-6-5-7-24(31)15-21/h5-9,12-13,15,19,25-26H,10-11,14,16H2,1-4H3,(H,32,38)(H,34,39)(H,40,41)/t19-,25+,26-/m0/s1. The molecule has 10 nitrogen and oxygen atoms in total. The maximum atomic E-state index is 14.0. The molecular weight excluding hydrogens is 529 g/mol. The number of halogens is 1. The Bertz CT molecular complexity index is 1520. The molecule has 2 heterocycles. The van der Waals surface area contributed by atoms with Gasteiger partial charge in [0.25, 0.3) is 11.5 Å². The molecule has 216 valence electrons. The van der Waals surface area contributed by atoms with Crippen molar-refractivity contribution in [1.29, 1.82) is 0 Å². The van der Waals surface area contributed by atoms with E-state index in [0.29, 0.717) is 41.6 Å². The Morgan fingerprint density at radius 2 is 1.90 bits per heavy atom. The maximum Gasteiger partial charge on any atom is 0.407 e. The number of rotatable bonds is 8. The summed E-state index contributed by atoms with van der Waals surface area (Å²) in [5.74, 6) is -1.26. The molecule has 4 rings (SSSR count). The molecule has 1 aliphatic heterocycles. The lowest BCUT2D eigenvalue weighted by Gasteiger charge is -2.37. The summed E-state index contributed by atoms with van der Waals surface area (Å²) in [7, 11) is 1.45. The molecule has 1 fully saturated rings. The third-order valence-corrected chi connectivity index (χ3v) is 7.81. The third kappa shape index (κ3) is 6.62. The number of nitrogens with one attached hydrogen (secondary N) is 2. The summed E-state index contributed by atoms with van der Waals surface area (Å²) in [6.45, 7) is 5.06. The molecule has 1 aliphatic rings. The maximum absolute atomic E-state index is 14.0. The highest BCUT2D eigenvalue weighted by molar-refractivity contribution is 5.96. The average Bonchev–Trinajstić information content (AvgIpc) is 3.39. The molecule has 11 heteroatoms. The van der Waals surface area contributed by atoms with E-state index in [2.05, 4.69) is 15.5 Å². The van der Waals surface area contributed by atoms with E-state index in [-0.39, 0.29) is 18.0 Å². The van der Waals surface area contributed by atoms with Gasteiger partial charge in [0.15, 0.2) is 0 Å². The van der Waals surface area contributed by atoms with Gasteiger partial charge < -0.3 is 20.2 Å². The molecule has 0 spiro atoms. The van der Waals surface area contributed by atoms with Crippen molar-refractivity contribution in [3.63, 3.8) is 0 Å². The molecule has 2 aromatic carbocycles. The van der Waals surface area contributed by atoms with Gasteiger partial charge in [-0.15, -0.1) is 0 Å². The number of carbonyl (C=O) groups excluding carboxylic acids is 2. The number of amides is 3. The SMILES string of the molecule is Cc1cc(Cc2ccc(C(=O)NCC(=O)N3[C@@H]([C@H](C)N(C)C(=O)O)CC[C@H]3c3cccc(F)c3)cc2C)c(=O)[nH]n1. The largest absolute Gasteiger partial charge is 0.465 e. The molecule has 0 radical (unpaired) electrons. The number of carboxylic acid groups (broad SMARTS) is 1. The number of hydrogen-bond acceptors (Lipinski definition) is 5. The minimum Gasteiger partial charge on any atom is -0.465 e. The fourth-order valence-electron chi connectivity index (χ4n) is 5.43. The molecule has 0 bridgehead atoms. The lowest BCUT2D eigenvalue weighted by atomic mass is 9.99. The predicted octanol–water partition coefficient (Wildman–Crippen LogP) is 3.58. The lowest BCUT2D eigenvalue weighted by molar-refractivity contribution is -0.134. The Morgan fingerprint density at radius 1 is 1.15 bits per heavy atom. The molecule has 1 saturated heterocycles. The molecule has 3 N–H and O–H groups in total. The number of likely N-dealkylation sites (tertiary alicyclic amines) is 1. The number of likely N-dealkylation sites (N-methyl/N-ethyl adjacent to an activating group) is 1. The van der Waals surface area contributed by atoms with Gasteiger partial charge in [-0.25, -0.2) is 14.3 Å².